The molecular weight excluding hydrogens is 248 g/mol. The predicted molar refractivity (Wildman–Crippen MR) is 85.0 cm³/mol. The summed E-state index contributed by atoms with van der Waals surface area (Å²) >= 11 is 0. The molecule has 0 aromatic carbocycles. The van der Waals surface area contributed by atoms with Crippen molar-refractivity contribution in [3.8, 4) is 0 Å². The molecule has 0 aliphatic carbocycles. The van der Waals surface area contributed by atoms with Crippen LogP contribution in [0.15, 0.2) is 0 Å². The minimum Gasteiger partial charge on any atom is -0.383 e. The van der Waals surface area contributed by atoms with Gasteiger partial charge in [-0.25, -0.2) is 9.97 Å². The Balaban J connectivity index is 2.21. The molecular formula is C16H28N4. The van der Waals surface area contributed by atoms with Gasteiger partial charge in [-0.15, -0.1) is 0 Å². The molecule has 4 heteroatoms. The van der Waals surface area contributed by atoms with E-state index in [0.717, 1.165) is 48.6 Å². The van der Waals surface area contributed by atoms with E-state index in [2.05, 4.69) is 30.7 Å². The fourth-order valence-corrected chi connectivity index (χ4v) is 3.04. The molecule has 2 N–H and O–H groups in total. The molecule has 4 nitrogen and oxygen atoms in total. The zero-order chi connectivity index (χ0) is 14.7. The van der Waals surface area contributed by atoms with Crippen LogP contribution in [0, 0.1) is 18.8 Å². The molecule has 1 atom stereocenters. The lowest BCUT2D eigenvalue weighted by Gasteiger charge is -2.25. The fourth-order valence-electron chi connectivity index (χ4n) is 3.04. The molecule has 1 aromatic heterocycles. The summed E-state index contributed by atoms with van der Waals surface area (Å²) in [6, 6.07) is 0. The van der Waals surface area contributed by atoms with Crippen molar-refractivity contribution in [2.75, 3.05) is 23.7 Å². The fraction of sp³-hybridized carbons (Fsp3) is 0.750. The Morgan fingerprint density at radius 2 is 2.00 bits per heavy atom. The summed E-state index contributed by atoms with van der Waals surface area (Å²) in [6.07, 6.45) is 4.66. The highest BCUT2D eigenvalue weighted by molar-refractivity contribution is 5.56. The summed E-state index contributed by atoms with van der Waals surface area (Å²) in [6.45, 7) is 11.0. The molecule has 112 valence electrons. The van der Waals surface area contributed by atoms with Gasteiger partial charge < -0.3 is 10.6 Å². The van der Waals surface area contributed by atoms with Gasteiger partial charge in [0, 0.05) is 25.1 Å². The lowest BCUT2D eigenvalue weighted by Crippen LogP contribution is -2.27. The number of rotatable bonds is 3. The number of anilines is 2. The minimum atomic E-state index is 0.636. The minimum absolute atomic E-state index is 0.636. The van der Waals surface area contributed by atoms with E-state index in [0.29, 0.717) is 5.82 Å². The van der Waals surface area contributed by atoms with E-state index in [-0.39, 0.29) is 0 Å². The topological polar surface area (TPSA) is 55.0 Å². The number of aromatic nitrogens is 2. The summed E-state index contributed by atoms with van der Waals surface area (Å²) in [4.78, 5) is 11.5. The van der Waals surface area contributed by atoms with Gasteiger partial charge in [0.15, 0.2) is 0 Å². The zero-order valence-electron chi connectivity index (χ0n) is 13.3. The highest BCUT2D eigenvalue weighted by atomic mass is 15.2. The number of nitrogens with zero attached hydrogens (tertiary/aromatic N) is 3. The Hall–Kier alpha value is -1.32. The van der Waals surface area contributed by atoms with Gasteiger partial charge in [-0.05, 0) is 38.0 Å². The molecule has 0 spiro atoms. The second kappa shape index (κ2) is 6.42. The molecule has 0 radical (unpaired) electrons. The average molecular weight is 276 g/mol. The zero-order valence-corrected chi connectivity index (χ0v) is 13.3. The normalized spacial score (nSPS) is 20.2. The smallest absolute Gasteiger partial charge is 0.137 e. The van der Waals surface area contributed by atoms with E-state index in [4.69, 9.17) is 10.7 Å². The van der Waals surface area contributed by atoms with E-state index in [1.54, 1.807) is 0 Å². The molecule has 1 saturated heterocycles. The SMILES string of the molecule is CCc1nc(N)c(C)c(N2CCCC(C(C)C)CC2)n1. The van der Waals surface area contributed by atoms with Gasteiger partial charge in [0.05, 0.1) is 0 Å². The number of nitrogens with two attached hydrogens (primary N) is 1. The van der Waals surface area contributed by atoms with Crippen molar-refractivity contribution in [3.63, 3.8) is 0 Å². The standard InChI is InChI=1S/C16H28N4/c1-5-14-18-15(17)12(4)16(19-14)20-9-6-7-13(8-10-20)11(2)3/h11,13H,5-10H2,1-4H3,(H2,17,18,19). The van der Waals surface area contributed by atoms with Crippen molar-refractivity contribution in [1.29, 1.82) is 0 Å². The third-order valence-corrected chi connectivity index (χ3v) is 4.54. The summed E-state index contributed by atoms with van der Waals surface area (Å²) in [5.74, 6) is 4.16. The third kappa shape index (κ3) is 3.22. The van der Waals surface area contributed by atoms with Crippen LogP contribution >= 0.6 is 0 Å². The van der Waals surface area contributed by atoms with Crippen LogP contribution in [0.25, 0.3) is 0 Å². The Labute approximate surface area is 122 Å². The summed E-state index contributed by atoms with van der Waals surface area (Å²) < 4.78 is 0. The maximum Gasteiger partial charge on any atom is 0.137 e. The van der Waals surface area contributed by atoms with Crippen LogP contribution in [-0.4, -0.2) is 23.1 Å². The second-order valence-corrected chi connectivity index (χ2v) is 6.25. The Morgan fingerprint density at radius 1 is 1.25 bits per heavy atom. The van der Waals surface area contributed by atoms with Gasteiger partial charge in [-0.3, -0.25) is 0 Å². The van der Waals surface area contributed by atoms with Crippen molar-refractivity contribution in [2.24, 2.45) is 11.8 Å². The predicted octanol–water partition coefficient (Wildman–Crippen LogP) is 3.19. The van der Waals surface area contributed by atoms with E-state index < -0.39 is 0 Å². The van der Waals surface area contributed by atoms with Crippen molar-refractivity contribution in [1.82, 2.24) is 9.97 Å². The molecule has 0 saturated carbocycles. The van der Waals surface area contributed by atoms with Crippen molar-refractivity contribution in [2.45, 2.75) is 53.4 Å². The maximum absolute atomic E-state index is 6.04. The first-order chi connectivity index (χ1) is 9.52. The lowest BCUT2D eigenvalue weighted by atomic mass is 9.89. The molecule has 1 fully saturated rings. The number of hydrogen-bond acceptors (Lipinski definition) is 4. The third-order valence-electron chi connectivity index (χ3n) is 4.54. The average Bonchev–Trinajstić information content (AvgIpc) is 2.67. The Kier molecular flexibility index (Phi) is 4.84. The van der Waals surface area contributed by atoms with Gasteiger partial charge in [0.1, 0.15) is 17.5 Å². The first kappa shape index (κ1) is 15.1. The van der Waals surface area contributed by atoms with E-state index in [1.807, 2.05) is 6.92 Å². The molecule has 1 aromatic rings. The monoisotopic (exact) mass is 276 g/mol. The van der Waals surface area contributed by atoms with Crippen molar-refractivity contribution >= 4 is 11.6 Å². The first-order valence-electron chi connectivity index (χ1n) is 7.90. The Bertz CT molecular complexity index is 456. The summed E-state index contributed by atoms with van der Waals surface area (Å²) in [5, 5.41) is 0. The van der Waals surface area contributed by atoms with E-state index in [9.17, 15) is 0 Å². The maximum atomic E-state index is 6.04. The molecule has 1 aliphatic rings. The first-order valence-corrected chi connectivity index (χ1v) is 7.90. The quantitative estimate of drug-likeness (QED) is 0.921. The second-order valence-electron chi connectivity index (χ2n) is 6.25. The van der Waals surface area contributed by atoms with Crippen molar-refractivity contribution in [3.05, 3.63) is 11.4 Å². The van der Waals surface area contributed by atoms with Crippen LogP contribution in [0.5, 0.6) is 0 Å². The number of nitrogen functional groups attached to an aromatic ring is 1. The van der Waals surface area contributed by atoms with Gasteiger partial charge >= 0.3 is 0 Å². The lowest BCUT2D eigenvalue weighted by molar-refractivity contribution is 0.351. The van der Waals surface area contributed by atoms with Crippen LogP contribution in [0.1, 0.15) is 51.4 Å². The van der Waals surface area contributed by atoms with Gasteiger partial charge in [0.2, 0.25) is 0 Å². The van der Waals surface area contributed by atoms with Crippen LogP contribution in [-0.2, 0) is 6.42 Å². The van der Waals surface area contributed by atoms with Crippen LogP contribution in [0.4, 0.5) is 11.6 Å². The highest BCUT2D eigenvalue weighted by Gasteiger charge is 2.22. The molecule has 1 unspecified atom stereocenters. The van der Waals surface area contributed by atoms with Crippen LogP contribution < -0.4 is 10.6 Å². The van der Waals surface area contributed by atoms with Gasteiger partial charge in [-0.2, -0.15) is 0 Å². The molecule has 0 amide bonds. The van der Waals surface area contributed by atoms with E-state index in [1.165, 1.54) is 19.3 Å². The highest BCUT2D eigenvalue weighted by Crippen LogP contribution is 2.29. The number of hydrogen-bond donors (Lipinski definition) is 1. The number of aryl methyl sites for hydroxylation is 1. The summed E-state index contributed by atoms with van der Waals surface area (Å²) in [5.41, 5.74) is 7.07. The Morgan fingerprint density at radius 3 is 2.65 bits per heavy atom. The molecule has 0 bridgehead atoms. The summed E-state index contributed by atoms with van der Waals surface area (Å²) in [7, 11) is 0. The van der Waals surface area contributed by atoms with Crippen LogP contribution in [0.3, 0.4) is 0 Å². The van der Waals surface area contributed by atoms with Gasteiger partial charge in [-0.1, -0.05) is 20.8 Å². The molecule has 2 heterocycles. The molecule has 1 aliphatic heterocycles. The van der Waals surface area contributed by atoms with Crippen molar-refractivity contribution < 1.29 is 0 Å². The van der Waals surface area contributed by atoms with Gasteiger partial charge in [0.25, 0.3) is 0 Å². The van der Waals surface area contributed by atoms with Crippen LogP contribution in [0.2, 0.25) is 0 Å². The van der Waals surface area contributed by atoms with E-state index >= 15 is 0 Å². The molecule has 20 heavy (non-hydrogen) atoms. The molecule has 2 rings (SSSR count). The largest absolute Gasteiger partial charge is 0.383 e.